The van der Waals surface area contributed by atoms with Gasteiger partial charge >= 0.3 is 11.9 Å². The Balaban J connectivity index is 1.56. The third-order valence-corrected chi connectivity index (χ3v) is 4.77. The second-order valence-corrected chi connectivity index (χ2v) is 7.06. The van der Waals surface area contributed by atoms with Gasteiger partial charge in [0.05, 0.1) is 23.4 Å². The monoisotopic (exact) mass is 470 g/mol. The van der Waals surface area contributed by atoms with Crippen molar-refractivity contribution in [2.75, 3.05) is 6.61 Å². The predicted molar refractivity (Wildman–Crippen MR) is 108 cm³/mol. The van der Waals surface area contributed by atoms with Crippen LogP contribution in [0.4, 0.5) is 0 Å². The highest BCUT2D eigenvalue weighted by Gasteiger charge is 2.23. The van der Waals surface area contributed by atoms with E-state index in [0.29, 0.717) is 27.8 Å². The molecule has 2 heterocycles. The summed E-state index contributed by atoms with van der Waals surface area (Å²) < 4.78 is 18.4. The molecule has 30 heavy (non-hydrogen) atoms. The zero-order valence-electron chi connectivity index (χ0n) is 15.7. The van der Waals surface area contributed by atoms with Gasteiger partial charge in [0.2, 0.25) is 5.76 Å². The molecule has 0 fully saturated rings. The van der Waals surface area contributed by atoms with E-state index in [0.717, 1.165) is 4.47 Å². The summed E-state index contributed by atoms with van der Waals surface area (Å²) in [6, 6.07) is 11.9. The van der Waals surface area contributed by atoms with Gasteiger partial charge < -0.3 is 13.9 Å². The second-order valence-electron chi connectivity index (χ2n) is 6.15. The Morgan fingerprint density at radius 2 is 1.90 bits per heavy atom. The summed E-state index contributed by atoms with van der Waals surface area (Å²) in [6.07, 6.45) is 1.45. The molecular formula is C20H15BrN4O5. The average molecular weight is 471 g/mol. The van der Waals surface area contributed by atoms with Crippen molar-refractivity contribution in [1.82, 2.24) is 20.2 Å². The molecule has 4 rings (SSSR count). The van der Waals surface area contributed by atoms with Crippen molar-refractivity contribution in [3.05, 3.63) is 70.2 Å². The van der Waals surface area contributed by atoms with Crippen molar-refractivity contribution in [3.8, 4) is 5.69 Å². The topological polar surface area (TPSA) is 109 Å². The molecule has 0 bridgehead atoms. The molecule has 0 aliphatic rings. The van der Waals surface area contributed by atoms with Crippen molar-refractivity contribution in [1.29, 1.82) is 0 Å². The van der Waals surface area contributed by atoms with Gasteiger partial charge in [-0.1, -0.05) is 15.9 Å². The highest BCUT2D eigenvalue weighted by molar-refractivity contribution is 9.10. The van der Waals surface area contributed by atoms with Crippen LogP contribution in [0.15, 0.2) is 57.7 Å². The zero-order valence-corrected chi connectivity index (χ0v) is 17.3. The number of hydrogen-bond donors (Lipinski definition) is 0. The van der Waals surface area contributed by atoms with E-state index < -0.39 is 11.9 Å². The third kappa shape index (κ3) is 3.94. The Morgan fingerprint density at radius 3 is 2.60 bits per heavy atom. The lowest BCUT2D eigenvalue weighted by molar-refractivity contribution is 0.0435. The summed E-state index contributed by atoms with van der Waals surface area (Å²) in [5, 5.41) is 11.6. The van der Waals surface area contributed by atoms with Crippen LogP contribution in [-0.2, 0) is 16.1 Å². The van der Waals surface area contributed by atoms with E-state index in [1.165, 1.54) is 11.0 Å². The van der Waals surface area contributed by atoms with E-state index in [9.17, 15) is 9.59 Å². The van der Waals surface area contributed by atoms with Crippen LogP contribution in [0, 0.1) is 0 Å². The summed E-state index contributed by atoms with van der Waals surface area (Å²) in [4.78, 5) is 24.8. The van der Waals surface area contributed by atoms with Gasteiger partial charge in [-0.05, 0) is 59.8 Å². The lowest BCUT2D eigenvalue weighted by atomic mass is 10.1. The summed E-state index contributed by atoms with van der Waals surface area (Å²) in [6.45, 7) is 1.76. The normalized spacial score (nSPS) is 10.9. The first kappa shape index (κ1) is 19.8. The minimum atomic E-state index is -0.610. The number of tetrazole rings is 1. The van der Waals surface area contributed by atoms with E-state index in [-0.39, 0.29) is 19.0 Å². The first-order valence-corrected chi connectivity index (χ1v) is 9.74. The molecule has 2 aromatic carbocycles. The number of aromatic nitrogens is 4. The van der Waals surface area contributed by atoms with Crippen LogP contribution in [-0.4, -0.2) is 38.8 Å². The number of fused-ring (bicyclic) bond motifs is 1. The number of carbonyl (C=O) groups is 2. The van der Waals surface area contributed by atoms with Gasteiger partial charge in [0.15, 0.2) is 0 Å². The quantitative estimate of drug-likeness (QED) is 0.392. The van der Waals surface area contributed by atoms with Crippen LogP contribution >= 0.6 is 15.9 Å². The smallest absolute Gasteiger partial charge is 0.374 e. The molecule has 0 radical (unpaired) electrons. The first-order valence-electron chi connectivity index (χ1n) is 8.95. The molecule has 2 aromatic heterocycles. The van der Waals surface area contributed by atoms with Gasteiger partial charge in [-0.3, -0.25) is 0 Å². The molecule has 0 saturated heterocycles. The van der Waals surface area contributed by atoms with Crippen LogP contribution in [0.2, 0.25) is 0 Å². The minimum absolute atomic E-state index is 0.0202. The van der Waals surface area contributed by atoms with Crippen molar-refractivity contribution in [2.24, 2.45) is 0 Å². The number of halogens is 1. The fourth-order valence-corrected chi connectivity index (χ4v) is 3.24. The zero-order chi connectivity index (χ0) is 21.1. The number of carbonyl (C=O) groups excluding carboxylic acids is 2. The maximum atomic E-state index is 12.5. The van der Waals surface area contributed by atoms with Crippen LogP contribution < -0.4 is 0 Å². The number of furan rings is 1. The Labute approximate surface area is 178 Å². The number of rotatable bonds is 6. The van der Waals surface area contributed by atoms with E-state index in [1.807, 2.05) is 0 Å². The molecule has 0 saturated carbocycles. The summed E-state index contributed by atoms with van der Waals surface area (Å²) in [5.74, 6) is -1.13. The Bertz CT molecular complexity index is 1200. The number of esters is 2. The molecule has 0 unspecified atom stereocenters. The summed E-state index contributed by atoms with van der Waals surface area (Å²) in [5.41, 5.74) is 1.99. The van der Waals surface area contributed by atoms with Crippen molar-refractivity contribution in [2.45, 2.75) is 13.5 Å². The fourth-order valence-electron chi connectivity index (χ4n) is 2.88. The van der Waals surface area contributed by atoms with Gasteiger partial charge in [0.1, 0.15) is 18.5 Å². The van der Waals surface area contributed by atoms with Gasteiger partial charge in [0.25, 0.3) is 0 Å². The Kier molecular flexibility index (Phi) is 5.57. The van der Waals surface area contributed by atoms with Crippen molar-refractivity contribution >= 4 is 38.8 Å². The molecule has 0 aliphatic carbocycles. The van der Waals surface area contributed by atoms with E-state index in [4.69, 9.17) is 13.9 Å². The molecule has 0 aliphatic heterocycles. The molecule has 0 spiro atoms. The Morgan fingerprint density at radius 1 is 1.10 bits per heavy atom. The van der Waals surface area contributed by atoms with Crippen LogP contribution in [0.3, 0.4) is 0 Å². The largest absolute Gasteiger partial charge is 0.460 e. The molecule has 4 aromatic rings. The fraction of sp³-hybridized carbons (Fsp3) is 0.150. The van der Waals surface area contributed by atoms with E-state index in [2.05, 4.69) is 31.5 Å². The van der Waals surface area contributed by atoms with E-state index in [1.54, 1.807) is 49.4 Å². The number of benzene rings is 2. The lowest BCUT2D eigenvalue weighted by Gasteiger charge is -2.07. The van der Waals surface area contributed by atoms with Crippen LogP contribution in [0.25, 0.3) is 16.7 Å². The van der Waals surface area contributed by atoms with Gasteiger partial charge in [-0.2, -0.15) is 0 Å². The van der Waals surface area contributed by atoms with Crippen molar-refractivity contribution < 1.29 is 23.5 Å². The molecule has 152 valence electrons. The predicted octanol–water partition coefficient (Wildman–Crippen LogP) is 3.70. The molecule has 0 atom stereocenters. The lowest BCUT2D eigenvalue weighted by Crippen LogP contribution is -2.10. The number of ether oxygens (including phenoxy) is 2. The first-order chi connectivity index (χ1) is 14.6. The maximum Gasteiger partial charge on any atom is 0.374 e. The number of hydrogen-bond acceptors (Lipinski definition) is 8. The minimum Gasteiger partial charge on any atom is -0.460 e. The second kappa shape index (κ2) is 8.46. The van der Waals surface area contributed by atoms with Crippen molar-refractivity contribution in [3.63, 3.8) is 0 Å². The molecular weight excluding hydrogens is 456 g/mol. The highest BCUT2D eigenvalue weighted by Crippen LogP contribution is 2.30. The maximum absolute atomic E-state index is 12.5. The standard InChI is InChI=1S/C20H15BrN4O5/c1-2-28-20(27)18-16(15-9-13(21)5-8-17(15)30-18)10-29-19(26)12-3-6-14(7-4-12)25-11-22-23-24-25/h3-9,11H,2,10H2,1H3. The molecule has 0 N–H and O–H groups in total. The van der Waals surface area contributed by atoms with Gasteiger partial charge in [-0.15, -0.1) is 5.10 Å². The summed E-state index contributed by atoms with van der Waals surface area (Å²) in [7, 11) is 0. The third-order valence-electron chi connectivity index (χ3n) is 4.28. The number of nitrogens with zero attached hydrogens (tertiary/aromatic N) is 4. The highest BCUT2D eigenvalue weighted by atomic mass is 79.9. The summed E-state index contributed by atoms with van der Waals surface area (Å²) >= 11 is 3.40. The molecule has 10 heteroatoms. The Hall–Kier alpha value is -3.53. The SMILES string of the molecule is CCOC(=O)c1oc2ccc(Br)cc2c1COC(=O)c1ccc(-n2cnnn2)cc1. The van der Waals surface area contributed by atoms with Gasteiger partial charge in [0, 0.05) is 9.86 Å². The molecule has 0 amide bonds. The van der Waals surface area contributed by atoms with Crippen LogP contribution in [0.1, 0.15) is 33.4 Å². The molecule has 9 nitrogen and oxygen atoms in total. The van der Waals surface area contributed by atoms with E-state index >= 15 is 0 Å². The van der Waals surface area contributed by atoms with Crippen LogP contribution in [0.5, 0.6) is 0 Å². The average Bonchev–Trinajstić information content (AvgIpc) is 3.40. The van der Waals surface area contributed by atoms with Gasteiger partial charge in [-0.25, -0.2) is 14.3 Å².